The third kappa shape index (κ3) is 2.26. The number of nitrogens with one attached hydrogen (secondary N) is 1. The molecular formula is C9H10N2O3S2. The minimum Gasteiger partial charge on any atom is -0.446 e. The molecule has 0 aromatic carbocycles. The van der Waals surface area contributed by atoms with Crippen LogP contribution in [-0.4, -0.2) is 8.42 Å². The number of sulfonamides is 1. The first-order chi connectivity index (χ1) is 7.62. The van der Waals surface area contributed by atoms with Crippen LogP contribution in [0.2, 0.25) is 0 Å². The van der Waals surface area contributed by atoms with Gasteiger partial charge in [-0.15, -0.1) is 0 Å². The van der Waals surface area contributed by atoms with Crippen molar-refractivity contribution >= 4 is 27.0 Å². The van der Waals surface area contributed by atoms with Crippen LogP contribution in [0.4, 0.5) is 5.69 Å². The van der Waals surface area contributed by atoms with Crippen molar-refractivity contribution in [1.29, 1.82) is 0 Å². The fourth-order valence-electron chi connectivity index (χ4n) is 1.14. The Morgan fingerprint density at radius 1 is 1.38 bits per heavy atom. The van der Waals surface area contributed by atoms with E-state index in [2.05, 4.69) is 4.72 Å². The second kappa shape index (κ2) is 4.28. The van der Waals surface area contributed by atoms with E-state index in [0.717, 1.165) is 0 Å². The molecular weight excluding hydrogens is 248 g/mol. The number of thiophene rings is 1. The van der Waals surface area contributed by atoms with Gasteiger partial charge in [0.05, 0.1) is 12.2 Å². The normalized spacial score (nSPS) is 11.6. The molecule has 5 nitrogen and oxygen atoms in total. The van der Waals surface area contributed by atoms with Crippen LogP contribution in [0.5, 0.6) is 0 Å². The molecule has 2 heterocycles. The van der Waals surface area contributed by atoms with Crippen LogP contribution in [-0.2, 0) is 16.6 Å². The second-order valence-electron chi connectivity index (χ2n) is 3.04. The van der Waals surface area contributed by atoms with E-state index >= 15 is 0 Å². The first-order valence-corrected chi connectivity index (χ1v) is 6.88. The largest absolute Gasteiger partial charge is 0.446 e. The molecule has 7 heteroatoms. The van der Waals surface area contributed by atoms with E-state index in [4.69, 9.17) is 10.2 Å². The molecule has 2 aromatic rings. The van der Waals surface area contributed by atoms with Gasteiger partial charge in [-0.3, -0.25) is 4.72 Å². The number of anilines is 1. The van der Waals surface area contributed by atoms with Crippen LogP contribution < -0.4 is 10.5 Å². The maximum Gasteiger partial charge on any atom is 0.295 e. The number of rotatable bonds is 4. The fourth-order valence-corrected chi connectivity index (χ4v) is 2.80. The van der Waals surface area contributed by atoms with Gasteiger partial charge in [0.2, 0.25) is 5.09 Å². The van der Waals surface area contributed by atoms with Gasteiger partial charge in [0.25, 0.3) is 10.0 Å². The molecule has 3 N–H and O–H groups in total. The minimum absolute atomic E-state index is 0.126. The Morgan fingerprint density at radius 2 is 2.19 bits per heavy atom. The number of nitrogens with two attached hydrogens (primary N) is 1. The standard InChI is InChI=1S/C9H10N2O3S2/c10-5-8-1-2-9(14-8)16(12,13)11-7-3-4-15-6-7/h1-4,6,11H,5,10H2. The van der Waals surface area contributed by atoms with Gasteiger partial charge in [-0.05, 0) is 23.6 Å². The van der Waals surface area contributed by atoms with Crippen molar-refractivity contribution in [2.75, 3.05) is 4.72 Å². The van der Waals surface area contributed by atoms with E-state index in [1.54, 1.807) is 22.9 Å². The summed E-state index contributed by atoms with van der Waals surface area (Å²) in [7, 11) is -3.64. The van der Waals surface area contributed by atoms with Crippen molar-refractivity contribution in [2.45, 2.75) is 11.6 Å². The van der Waals surface area contributed by atoms with Gasteiger partial charge in [-0.1, -0.05) is 0 Å². The third-order valence-electron chi connectivity index (χ3n) is 1.88. The highest BCUT2D eigenvalue weighted by Crippen LogP contribution is 2.19. The fraction of sp³-hybridized carbons (Fsp3) is 0.111. The summed E-state index contributed by atoms with van der Waals surface area (Å²) >= 11 is 1.41. The average Bonchev–Trinajstić information content (AvgIpc) is 2.85. The van der Waals surface area contributed by atoms with Gasteiger partial charge in [0, 0.05) is 5.38 Å². The first kappa shape index (κ1) is 11.2. The van der Waals surface area contributed by atoms with Crippen molar-refractivity contribution in [1.82, 2.24) is 0 Å². The quantitative estimate of drug-likeness (QED) is 0.872. The molecule has 0 radical (unpaired) electrons. The van der Waals surface area contributed by atoms with Gasteiger partial charge in [-0.2, -0.15) is 19.8 Å². The third-order valence-corrected chi connectivity index (χ3v) is 3.81. The molecule has 0 saturated heterocycles. The Labute approximate surface area is 96.9 Å². The molecule has 0 bridgehead atoms. The van der Waals surface area contributed by atoms with Crippen LogP contribution >= 0.6 is 11.3 Å². The van der Waals surface area contributed by atoms with Gasteiger partial charge in [0.15, 0.2) is 0 Å². The van der Waals surface area contributed by atoms with E-state index in [-0.39, 0.29) is 11.6 Å². The molecule has 0 amide bonds. The van der Waals surface area contributed by atoms with E-state index in [1.165, 1.54) is 17.4 Å². The predicted octanol–water partition coefficient (Wildman–Crippen LogP) is 1.60. The first-order valence-electron chi connectivity index (χ1n) is 4.45. The highest BCUT2D eigenvalue weighted by Gasteiger charge is 2.18. The average molecular weight is 258 g/mol. The summed E-state index contributed by atoms with van der Waals surface area (Å²) in [5.41, 5.74) is 5.86. The highest BCUT2D eigenvalue weighted by molar-refractivity contribution is 7.92. The maximum atomic E-state index is 11.8. The van der Waals surface area contributed by atoms with E-state index in [1.807, 2.05) is 0 Å². The number of furan rings is 1. The van der Waals surface area contributed by atoms with Crippen LogP contribution in [0, 0.1) is 0 Å². The van der Waals surface area contributed by atoms with Crippen molar-refractivity contribution in [3.8, 4) is 0 Å². The van der Waals surface area contributed by atoms with E-state index in [9.17, 15) is 8.42 Å². The topological polar surface area (TPSA) is 85.3 Å². The molecule has 86 valence electrons. The lowest BCUT2D eigenvalue weighted by Crippen LogP contribution is -2.11. The summed E-state index contributed by atoms with van der Waals surface area (Å²) < 4.78 is 31.0. The van der Waals surface area contributed by atoms with Gasteiger partial charge >= 0.3 is 0 Å². The molecule has 0 spiro atoms. The van der Waals surface area contributed by atoms with Crippen molar-refractivity contribution in [2.24, 2.45) is 5.73 Å². The van der Waals surface area contributed by atoms with Crippen LogP contribution in [0.25, 0.3) is 0 Å². The molecule has 0 aliphatic rings. The van der Waals surface area contributed by atoms with Gasteiger partial charge in [0.1, 0.15) is 5.76 Å². The smallest absolute Gasteiger partial charge is 0.295 e. The Kier molecular flexibility index (Phi) is 2.99. The summed E-state index contributed by atoms with van der Waals surface area (Å²) in [5.74, 6) is 0.436. The lowest BCUT2D eigenvalue weighted by Gasteiger charge is -2.02. The van der Waals surface area contributed by atoms with Crippen molar-refractivity contribution < 1.29 is 12.8 Å². The highest BCUT2D eigenvalue weighted by atomic mass is 32.2. The van der Waals surface area contributed by atoms with Crippen LogP contribution in [0.1, 0.15) is 5.76 Å². The Bertz CT molecular complexity index is 557. The lowest BCUT2D eigenvalue weighted by atomic mass is 10.5. The summed E-state index contributed by atoms with van der Waals surface area (Å²) in [5, 5.41) is 3.36. The Hall–Kier alpha value is -1.31. The molecule has 0 aliphatic heterocycles. The Morgan fingerprint density at radius 3 is 2.75 bits per heavy atom. The lowest BCUT2D eigenvalue weighted by molar-refractivity contribution is 0.417. The minimum atomic E-state index is -3.64. The van der Waals surface area contributed by atoms with Gasteiger partial charge in [-0.25, -0.2) is 0 Å². The summed E-state index contributed by atoms with van der Waals surface area (Å²) in [6, 6.07) is 4.61. The van der Waals surface area contributed by atoms with E-state index in [0.29, 0.717) is 11.4 Å². The maximum absolute atomic E-state index is 11.8. The molecule has 2 aromatic heterocycles. The van der Waals surface area contributed by atoms with Crippen molar-refractivity contribution in [3.63, 3.8) is 0 Å². The summed E-state index contributed by atoms with van der Waals surface area (Å²) in [6.07, 6.45) is 0. The van der Waals surface area contributed by atoms with Crippen LogP contribution in [0.15, 0.2) is 38.5 Å². The van der Waals surface area contributed by atoms with Crippen molar-refractivity contribution in [3.05, 3.63) is 34.7 Å². The van der Waals surface area contributed by atoms with Gasteiger partial charge < -0.3 is 10.2 Å². The molecule has 0 unspecified atom stereocenters. The molecule has 0 saturated carbocycles. The summed E-state index contributed by atoms with van der Waals surface area (Å²) in [6.45, 7) is 0.175. The molecule has 2 rings (SSSR count). The summed E-state index contributed by atoms with van der Waals surface area (Å²) in [4.78, 5) is 0. The van der Waals surface area contributed by atoms with E-state index < -0.39 is 10.0 Å². The zero-order chi connectivity index (χ0) is 11.6. The number of hydrogen-bond acceptors (Lipinski definition) is 5. The SMILES string of the molecule is NCc1ccc(S(=O)(=O)Nc2ccsc2)o1. The number of hydrogen-bond donors (Lipinski definition) is 2. The molecule has 0 atom stereocenters. The predicted molar refractivity (Wildman–Crippen MR) is 61.7 cm³/mol. The monoisotopic (exact) mass is 258 g/mol. The van der Waals surface area contributed by atoms with Crippen LogP contribution in [0.3, 0.4) is 0 Å². The molecule has 16 heavy (non-hydrogen) atoms. The zero-order valence-corrected chi connectivity index (χ0v) is 9.85. The molecule has 0 aliphatic carbocycles. The Balaban J connectivity index is 2.25. The zero-order valence-electron chi connectivity index (χ0n) is 8.21. The second-order valence-corrected chi connectivity index (χ2v) is 5.44. The molecule has 0 fully saturated rings.